The molecule has 0 saturated heterocycles. The van der Waals surface area contributed by atoms with Gasteiger partial charge in [0.1, 0.15) is 11.2 Å². The van der Waals surface area contributed by atoms with Crippen molar-refractivity contribution in [2.45, 2.75) is 95.5 Å². The Morgan fingerprint density at radius 2 is 1.79 bits per heavy atom. The molecule has 0 aromatic carbocycles. The van der Waals surface area contributed by atoms with Gasteiger partial charge in [-0.1, -0.05) is 18.8 Å². The molecule has 2 fully saturated rings. The normalized spacial score (nSPS) is 24.8. The summed E-state index contributed by atoms with van der Waals surface area (Å²) in [4.78, 5) is 33.2. The third-order valence-corrected chi connectivity index (χ3v) is 10.3. The van der Waals surface area contributed by atoms with Gasteiger partial charge in [0.05, 0.1) is 21.4 Å². The van der Waals surface area contributed by atoms with Crippen LogP contribution in [0.25, 0.3) is 0 Å². The molecule has 38 heavy (non-hydrogen) atoms. The molecule has 2 aliphatic carbocycles. The molecule has 10 heteroatoms. The second-order valence-electron chi connectivity index (χ2n) is 11.7. The van der Waals surface area contributed by atoms with Crippen LogP contribution >= 0.6 is 11.3 Å². The minimum atomic E-state index is -1.29. The highest BCUT2D eigenvalue weighted by atomic mass is 32.2. The molecule has 4 rings (SSSR count). The molecule has 2 heterocycles. The van der Waals surface area contributed by atoms with Crippen LogP contribution in [0.1, 0.15) is 93.6 Å². The fraction of sp³-hybridized carbons (Fsp3) is 0.643. The lowest BCUT2D eigenvalue weighted by Crippen LogP contribution is -2.47. The van der Waals surface area contributed by atoms with Gasteiger partial charge in [-0.25, -0.2) is 14.5 Å². The lowest BCUT2D eigenvalue weighted by molar-refractivity contribution is -0.124. The first kappa shape index (κ1) is 28.5. The van der Waals surface area contributed by atoms with Crippen molar-refractivity contribution in [3.8, 4) is 11.8 Å². The number of hydrogen-bond donors (Lipinski definition) is 1. The summed E-state index contributed by atoms with van der Waals surface area (Å²) in [6.45, 7) is 8.25. The van der Waals surface area contributed by atoms with Gasteiger partial charge in [0.25, 0.3) is 0 Å². The zero-order chi connectivity index (χ0) is 27.6. The number of amides is 1. The molecule has 0 spiro atoms. The number of carbonyl (C=O) groups excluding carboxylic acids is 1. The Bertz CT molecular complexity index is 1250. The van der Waals surface area contributed by atoms with Crippen molar-refractivity contribution in [1.82, 2.24) is 14.8 Å². The predicted molar refractivity (Wildman–Crippen MR) is 150 cm³/mol. The van der Waals surface area contributed by atoms with Crippen molar-refractivity contribution in [3.05, 3.63) is 22.1 Å². The van der Waals surface area contributed by atoms with Gasteiger partial charge in [-0.05, 0) is 84.1 Å². The number of carboxylic acids is 1. The SMILES string of the molecule is CC1CCC(C(=O)N(c2cc(C#CC(C)(C)C)sc2C(=O)O)C2CCC(S(=O)c3ncnn3C)CC2)CC1. The minimum Gasteiger partial charge on any atom is -0.477 e. The van der Waals surface area contributed by atoms with Crippen molar-refractivity contribution >= 4 is 39.7 Å². The van der Waals surface area contributed by atoms with E-state index in [2.05, 4.69) is 28.8 Å². The highest BCUT2D eigenvalue weighted by Crippen LogP contribution is 2.39. The van der Waals surface area contributed by atoms with Crippen molar-refractivity contribution in [2.75, 3.05) is 4.90 Å². The molecule has 2 saturated carbocycles. The number of carboxylic acid groups (broad SMARTS) is 1. The van der Waals surface area contributed by atoms with Gasteiger partial charge in [-0.15, -0.1) is 11.3 Å². The molecular formula is C28H38N4O4S2. The first-order valence-electron chi connectivity index (χ1n) is 13.4. The summed E-state index contributed by atoms with van der Waals surface area (Å²) in [7, 11) is 0.452. The van der Waals surface area contributed by atoms with E-state index in [9.17, 15) is 18.9 Å². The smallest absolute Gasteiger partial charge is 0.348 e. The summed E-state index contributed by atoms with van der Waals surface area (Å²) in [5.74, 6) is 5.80. The first-order valence-corrected chi connectivity index (χ1v) is 15.5. The van der Waals surface area contributed by atoms with Crippen molar-refractivity contribution in [2.24, 2.45) is 24.3 Å². The van der Waals surface area contributed by atoms with Crippen LogP contribution in [-0.2, 0) is 22.6 Å². The maximum atomic E-state index is 14.1. The number of aromatic nitrogens is 3. The largest absolute Gasteiger partial charge is 0.477 e. The summed E-state index contributed by atoms with van der Waals surface area (Å²) in [6.07, 6.45) is 7.71. The van der Waals surface area contributed by atoms with Gasteiger partial charge in [-0.3, -0.25) is 9.00 Å². The fourth-order valence-electron chi connectivity index (χ4n) is 5.36. The molecule has 0 aliphatic heterocycles. The van der Waals surface area contributed by atoms with Gasteiger partial charge in [0, 0.05) is 29.7 Å². The van der Waals surface area contributed by atoms with Gasteiger partial charge in [0.2, 0.25) is 11.1 Å². The molecule has 2 aromatic heterocycles. The number of aromatic carboxylic acids is 1. The van der Waals surface area contributed by atoms with E-state index in [-0.39, 0.29) is 33.4 Å². The average molecular weight is 559 g/mol. The van der Waals surface area contributed by atoms with Crippen molar-refractivity contribution in [1.29, 1.82) is 0 Å². The van der Waals surface area contributed by atoms with Crippen LogP contribution in [0.5, 0.6) is 0 Å². The van der Waals surface area contributed by atoms with Crippen molar-refractivity contribution in [3.63, 3.8) is 0 Å². The Morgan fingerprint density at radius 3 is 2.34 bits per heavy atom. The predicted octanol–water partition coefficient (Wildman–Crippen LogP) is 5.25. The molecule has 1 unspecified atom stereocenters. The second-order valence-corrected chi connectivity index (χ2v) is 14.4. The zero-order valence-corrected chi connectivity index (χ0v) is 24.5. The second kappa shape index (κ2) is 11.7. The van der Waals surface area contributed by atoms with E-state index in [0.717, 1.165) is 37.0 Å². The van der Waals surface area contributed by atoms with E-state index in [4.69, 9.17) is 0 Å². The number of anilines is 1. The van der Waals surface area contributed by atoms with Crippen LogP contribution in [0.4, 0.5) is 5.69 Å². The van der Waals surface area contributed by atoms with E-state index >= 15 is 0 Å². The van der Waals surface area contributed by atoms with Gasteiger partial charge < -0.3 is 10.0 Å². The Labute approximate surface area is 231 Å². The van der Waals surface area contributed by atoms with Crippen molar-refractivity contribution < 1.29 is 18.9 Å². The standard InChI is InChI=1S/C28H38N4O4S2/c1-18-6-8-19(9-7-18)25(33)32(23-16-21(14-15-28(2,3)4)37-24(23)26(34)35)20-10-12-22(13-11-20)38(36)27-29-17-30-31(27)5/h16-20,22H,6-13H2,1-5H3,(H,34,35). The van der Waals surface area contributed by atoms with Gasteiger partial charge in [-0.2, -0.15) is 5.10 Å². The number of thiophene rings is 1. The Kier molecular flexibility index (Phi) is 8.78. The molecule has 2 aliphatic rings. The van der Waals surface area contributed by atoms with E-state index in [1.165, 1.54) is 6.33 Å². The highest BCUT2D eigenvalue weighted by Gasteiger charge is 2.38. The van der Waals surface area contributed by atoms with E-state index in [1.54, 1.807) is 22.7 Å². The zero-order valence-electron chi connectivity index (χ0n) is 22.9. The first-order chi connectivity index (χ1) is 17.9. The summed E-state index contributed by atoms with van der Waals surface area (Å²) >= 11 is 1.14. The summed E-state index contributed by atoms with van der Waals surface area (Å²) < 4.78 is 14.7. The quantitative estimate of drug-likeness (QED) is 0.486. The monoisotopic (exact) mass is 558 g/mol. The molecule has 8 nitrogen and oxygen atoms in total. The topological polar surface area (TPSA) is 105 Å². The number of rotatable bonds is 6. The number of aryl methyl sites for hydroxylation is 1. The fourth-order valence-corrected chi connectivity index (χ4v) is 7.66. The maximum Gasteiger partial charge on any atom is 0.348 e. The minimum absolute atomic E-state index is 0.0189. The van der Waals surface area contributed by atoms with Gasteiger partial charge >= 0.3 is 5.97 Å². The molecule has 1 atom stereocenters. The van der Waals surface area contributed by atoms with E-state index in [1.807, 2.05) is 20.8 Å². The van der Waals surface area contributed by atoms with Crippen LogP contribution in [0.3, 0.4) is 0 Å². The van der Waals surface area contributed by atoms with Crippen LogP contribution in [0.15, 0.2) is 17.6 Å². The lowest BCUT2D eigenvalue weighted by Gasteiger charge is -2.39. The number of nitrogens with zero attached hydrogens (tertiary/aromatic N) is 4. The Hall–Kier alpha value is -2.51. The van der Waals surface area contributed by atoms with Gasteiger partial charge in [0.15, 0.2) is 0 Å². The lowest BCUT2D eigenvalue weighted by atomic mass is 9.81. The van der Waals surface area contributed by atoms with Crippen LogP contribution in [0, 0.1) is 29.1 Å². The number of carbonyl (C=O) groups is 2. The summed E-state index contributed by atoms with van der Waals surface area (Å²) in [5, 5.41) is 14.5. The van der Waals surface area contributed by atoms with Crippen LogP contribution < -0.4 is 4.90 Å². The third-order valence-electron chi connectivity index (χ3n) is 7.49. The molecule has 0 radical (unpaired) electrons. The molecule has 1 amide bonds. The van der Waals surface area contributed by atoms with Crippen LogP contribution in [0.2, 0.25) is 0 Å². The highest BCUT2D eigenvalue weighted by molar-refractivity contribution is 7.85. The molecule has 0 bridgehead atoms. The molecule has 206 valence electrons. The van der Waals surface area contributed by atoms with Crippen LogP contribution in [-0.4, -0.2) is 47.2 Å². The number of hydrogen-bond acceptors (Lipinski definition) is 6. The molecule has 2 aromatic rings. The Morgan fingerprint density at radius 1 is 1.13 bits per heavy atom. The molecular weight excluding hydrogens is 520 g/mol. The van der Waals surface area contributed by atoms with E-state index < -0.39 is 16.8 Å². The van der Waals surface area contributed by atoms with E-state index in [0.29, 0.717) is 47.3 Å². The molecule has 1 N–H and O–H groups in total. The average Bonchev–Trinajstić information content (AvgIpc) is 3.49. The Balaban J connectivity index is 1.64. The third kappa shape index (κ3) is 6.55. The summed E-state index contributed by atoms with van der Waals surface area (Å²) in [6, 6.07) is 1.64. The maximum absolute atomic E-state index is 14.1. The summed E-state index contributed by atoms with van der Waals surface area (Å²) in [5.41, 5.74) is 0.237.